The van der Waals surface area contributed by atoms with Crippen molar-refractivity contribution in [1.29, 1.82) is 0 Å². The summed E-state index contributed by atoms with van der Waals surface area (Å²) in [7, 11) is 0. The van der Waals surface area contributed by atoms with Gasteiger partial charge in [-0.25, -0.2) is 13.2 Å². The van der Waals surface area contributed by atoms with Gasteiger partial charge in [0.05, 0.1) is 6.54 Å². The molecule has 1 aliphatic heterocycles. The molecule has 3 rings (SSSR count). The molecule has 4 N–H and O–H groups in total. The molecular formula is C28H42F3N3OS. The first kappa shape index (κ1) is 33.5. The molecule has 4 nitrogen and oxygen atoms in total. The highest BCUT2D eigenvalue weighted by Gasteiger charge is 2.31. The lowest BCUT2D eigenvalue weighted by Gasteiger charge is -2.18. The van der Waals surface area contributed by atoms with Gasteiger partial charge in [-0.15, -0.1) is 0 Å². The number of carbonyl (C=O) groups is 1. The van der Waals surface area contributed by atoms with Crippen LogP contribution in [-0.4, -0.2) is 12.8 Å². The van der Waals surface area contributed by atoms with Crippen molar-refractivity contribution in [2.24, 2.45) is 16.8 Å². The molecule has 1 heterocycles. The highest BCUT2D eigenvalue weighted by atomic mass is 32.2. The molecule has 36 heavy (non-hydrogen) atoms. The molecule has 2 aromatic carbocycles. The summed E-state index contributed by atoms with van der Waals surface area (Å²) in [5.41, 5.74) is 10.6. The normalized spacial score (nSPS) is 13.2. The first-order chi connectivity index (χ1) is 17.2. The van der Waals surface area contributed by atoms with Gasteiger partial charge in [-0.3, -0.25) is 9.93 Å². The van der Waals surface area contributed by atoms with Gasteiger partial charge < -0.3 is 10.6 Å². The Kier molecular flexibility index (Phi) is 16.7. The molecular weight excluding hydrogens is 483 g/mol. The van der Waals surface area contributed by atoms with Crippen molar-refractivity contribution in [3.05, 3.63) is 75.1 Å². The molecule has 1 unspecified atom stereocenters. The number of hydrogen-bond donors (Lipinski definition) is 2. The van der Waals surface area contributed by atoms with Crippen LogP contribution in [0.25, 0.3) is 0 Å². The van der Waals surface area contributed by atoms with E-state index in [1.54, 1.807) is 17.9 Å². The number of nitrogens with zero attached hydrogens (tertiary/aromatic N) is 1. The number of anilines is 1. The van der Waals surface area contributed by atoms with E-state index in [1.807, 2.05) is 52.8 Å². The number of allylic oxidation sites excluding steroid dienone is 2. The number of rotatable bonds is 7. The zero-order chi connectivity index (χ0) is 27.8. The Labute approximate surface area is 219 Å². The summed E-state index contributed by atoms with van der Waals surface area (Å²) in [6.45, 7) is 12.4. The van der Waals surface area contributed by atoms with Gasteiger partial charge in [-0.1, -0.05) is 58.7 Å². The number of amides is 1. The first-order valence-corrected chi connectivity index (χ1v) is 13.2. The molecule has 1 aliphatic rings. The summed E-state index contributed by atoms with van der Waals surface area (Å²) in [5.74, 6) is -0.0197. The van der Waals surface area contributed by atoms with Crippen molar-refractivity contribution in [1.82, 2.24) is 0 Å². The molecule has 2 aromatic rings. The van der Waals surface area contributed by atoms with E-state index >= 15 is 0 Å². The van der Waals surface area contributed by atoms with Gasteiger partial charge in [0, 0.05) is 27.4 Å². The van der Waals surface area contributed by atoms with E-state index < -0.39 is 6.93 Å². The van der Waals surface area contributed by atoms with Crippen LogP contribution in [0, 0.1) is 18.7 Å². The first-order valence-electron chi connectivity index (χ1n) is 12.4. The number of benzene rings is 2. The van der Waals surface area contributed by atoms with Gasteiger partial charge in [0.25, 0.3) is 5.91 Å². The Morgan fingerprint density at radius 2 is 1.75 bits per heavy atom. The van der Waals surface area contributed by atoms with Crippen LogP contribution in [0.4, 0.5) is 18.9 Å². The summed E-state index contributed by atoms with van der Waals surface area (Å²) in [4.78, 5) is 15.4. The molecule has 1 amide bonds. The Balaban J connectivity index is 0.00000159. The molecule has 0 aromatic heterocycles. The number of nitrogens with two attached hydrogens (primary N) is 2. The van der Waals surface area contributed by atoms with E-state index in [0.717, 1.165) is 46.7 Å². The van der Waals surface area contributed by atoms with E-state index in [0.29, 0.717) is 17.0 Å². The average molecular weight is 526 g/mol. The highest BCUT2D eigenvalue weighted by molar-refractivity contribution is 8.00. The summed E-state index contributed by atoms with van der Waals surface area (Å²) in [5, 5.41) is 5.57. The summed E-state index contributed by atoms with van der Waals surface area (Å²) in [6.07, 6.45) is 2.68. The summed E-state index contributed by atoms with van der Waals surface area (Å²) >= 11 is 1.19. The quantitative estimate of drug-likeness (QED) is 0.359. The van der Waals surface area contributed by atoms with E-state index in [-0.39, 0.29) is 18.3 Å². The third kappa shape index (κ3) is 9.90. The Hall–Kier alpha value is -2.45. The second-order valence-electron chi connectivity index (χ2n) is 7.98. The molecule has 0 saturated heterocycles. The number of hydrogen-bond acceptors (Lipinski definition) is 4. The second kappa shape index (κ2) is 17.9. The highest BCUT2D eigenvalue weighted by Crippen LogP contribution is 2.31. The van der Waals surface area contributed by atoms with Crippen molar-refractivity contribution < 1.29 is 18.0 Å². The maximum atomic E-state index is 14.3. The lowest BCUT2D eigenvalue weighted by Crippen LogP contribution is -2.23. The summed E-state index contributed by atoms with van der Waals surface area (Å²) < 4.78 is 33.5. The molecule has 0 spiro atoms. The van der Waals surface area contributed by atoms with Crippen LogP contribution in [0.3, 0.4) is 0 Å². The number of halogens is 3. The molecule has 1 atom stereocenters. The van der Waals surface area contributed by atoms with Crippen LogP contribution < -0.4 is 15.8 Å². The smallest absolute Gasteiger partial charge is 0.259 e. The van der Waals surface area contributed by atoms with Crippen molar-refractivity contribution in [2.45, 2.75) is 74.3 Å². The van der Waals surface area contributed by atoms with Crippen LogP contribution in [-0.2, 0) is 13.0 Å². The maximum absolute atomic E-state index is 14.3. The largest absolute Gasteiger partial charge is 0.401 e. The standard InChI is InChI=1S/C23H28FN3OS.2C2H6.CH2F2/c1-14(11-22(25)16(3)29-26)7-8-17-5-4-6-18(12-17)27-13-20-19(23(27)28)9-15(2)10-21(20)24;2*1-2;2-1-3/h4-6,9-10,12,14H,7-8,11,13,25-26H2,1-3H3;2*1-2H3;1H2/b22-16-;;;. The molecule has 0 fully saturated rings. The zero-order valence-corrected chi connectivity index (χ0v) is 23.4. The van der Waals surface area contributed by atoms with E-state index in [4.69, 9.17) is 10.9 Å². The van der Waals surface area contributed by atoms with E-state index in [2.05, 4.69) is 13.0 Å². The van der Waals surface area contributed by atoms with E-state index in [1.165, 1.54) is 18.0 Å². The lowest BCUT2D eigenvalue weighted by atomic mass is 9.96. The molecule has 0 bridgehead atoms. The molecule has 0 radical (unpaired) electrons. The van der Waals surface area contributed by atoms with Gasteiger partial charge in [-0.05, 0) is 74.4 Å². The molecule has 0 saturated carbocycles. The fraction of sp³-hybridized carbons (Fsp3) is 0.464. The Morgan fingerprint density at radius 1 is 1.14 bits per heavy atom. The number of fused-ring (bicyclic) bond motifs is 1. The van der Waals surface area contributed by atoms with Gasteiger partial charge >= 0.3 is 0 Å². The molecule has 0 aliphatic carbocycles. The van der Waals surface area contributed by atoms with Crippen LogP contribution in [0.1, 0.15) is 81.4 Å². The fourth-order valence-corrected chi connectivity index (χ4v) is 3.93. The van der Waals surface area contributed by atoms with Crippen LogP contribution in [0.5, 0.6) is 0 Å². The zero-order valence-electron chi connectivity index (χ0n) is 22.6. The fourth-order valence-electron chi connectivity index (χ4n) is 3.70. The Morgan fingerprint density at radius 3 is 2.33 bits per heavy atom. The van der Waals surface area contributed by atoms with Gasteiger partial charge in [0.1, 0.15) is 5.82 Å². The Bertz CT molecular complexity index is 983. The predicted molar refractivity (Wildman–Crippen MR) is 149 cm³/mol. The third-order valence-corrected chi connectivity index (χ3v) is 6.09. The number of aryl methyl sites for hydroxylation is 2. The average Bonchev–Trinajstić information content (AvgIpc) is 3.22. The SMILES string of the molecule is C/C(SN)=C(/N)CC(C)CCc1cccc(N2Cc3c(F)cc(C)cc3C2=O)c1.CC.CC.FCF. The van der Waals surface area contributed by atoms with Gasteiger partial charge in [0.15, 0.2) is 0 Å². The number of alkyl halides is 2. The topological polar surface area (TPSA) is 72.3 Å². The number of carbonyl (C=O) groups excluding carboxylic acids is 1. The minimum absolute atomic E-state index is 0.138. The molecule has 8 heteroatoms. The van der Waals surface area contributed by atoms with Crippen LogP contribution in [0.2, 0.25) is 0 Å². The summed E-state index contributed by atoms with van der Waals surface area (Å²) in [6, 6.07) is 11.2. The predicted octanol–water partition coefficient (Wildman–Crippen LogP) is 7.99. The van der Waals surface area contributed by atoms with Crippen molar-refractivity contribution in [3.8, 4) is 0 Å². The van der Waals surface area contributed by atoms with Crippen LogP contribution in [0.15, 0.2) is 47.0 Å². The second-order valence-corrected chi connectivity index (χ2v) is 8.83. The van der Waals surface area contributed by atoms with Crippen LogP contribution >= 0.6 is 11.9 Å². The maximum Gasteiger partial charge on any atom is 0.259 e. The van der Waals surface area contributed by atoms with Gasteiger partial charge in [0.2, 0.25) is 6.93 Å². The van der Waals surface area contributed by atoms with Crippen molar-refractivity contribution in [3.63, 3.8) is 0 Å². The molecule has 202 valence electrons. The minimum Gasteiger partial charge on any atom is -0.401 e. The minimum atomic E-state index is -1.75. The third-order valence-electron chi connectivity index (χ3n) is 5.48. The van der Waals surface area contributed by atoms with Crippen molar-refractivity contribution >= 4 is 23.5 Å². The van der Waals surface area contributed by atoms with Crippen molar-refractivity contribution in [2.75, 3.05) is 11.8 Å². The van der Waals surface area contributed by atoms with Gasteiger partial charge in [-0.2, -0.15) is 0 Å². The monoisotopic (exact) mass is 525 g/mol. The van der Waals surface area contributed by atoms with E-state index in [9.17, 15) is 18.0 Å². The lowest BCUT2D eigenvalue weighted by molar-refractivity contribution is 0.0996.